The van der Waals surface area contributed by atoms with Gasteiger partial charge in [0.25, 0.3) is 5.91 Å². The largest absolute Gasteiger partial charge is 0.478 e. The van der Waals surface area contributed by atoms with E-state index in [9.17, 15) is 18.9 Å². The van der Waals surface area contributed by atoms with Crippen LogP contribution in [0.3, 0.4) is 0 Å². The highest BCUT2D eigenvalue weighted by atomic mass is 31.2. The van der Waals surface area contributed by atoms with Crippen LogP contribution < -0.4 is 0 Å². The van der Waals surface area contributed by atoms with Crippen LogP contribution in [0.1, 0.15) is 27.6 Å². The molecule has 9 nitrogen and oxygen atoms in total. The lowest BCUT2D eigenvalue weighted by Gasteiger charge is -2.22. The fraction of sp³-hybridized carbons (Fsp3) is 0.308. The smallest absolute Gasteiger partial charge is 0.344 e. The maximum Gasteiger partial charge on any atom is 0.344 e. The Morgan fingerprint density at radius 2 is 1.74 bits per heavy atom. The second-order valence-corrected chi connectivity index (χ2v) is 6.08. The van der Waals surface area contributed by atoms with E-state index in [1.54, 1.807) is 0 Å². The lowest BCUT2D eigenvalue weighted by atomic mass is 10.1. The van der Waals surface area contributed by atoms with Crippen molar-refractivity contribution in [3.8, 4) is 0 Å². The van der Waals surface area contributed by atoms with Gasteiger partial charge in [0.1, 0.15) is 12.8 Å². The molecule has 0 aliphatic rings. The number of aromatic carboxylic acids is 1. The Balaban J connectivity index is 3.15. The number of esters is 1. The molecular formula is C13H16NO8P. The van der Waals surface area contributed by atoms with Crippen LogP contribution in [0.4, 0.5) is 0 Å². The first-order valence-corrected chi connectivity index (χ1v) is 8.27. The molecule has 3 N–H and O–H groups in total. The highest BCUT2D eigenvalue weighted by Gasteiger charge is 2.29. The quantitative estimate of drug-likeness (QED) is 0.480. The van der Waals surface area contributed by atoms with Crippen molar-refractivity contribution in [2.24, 2.45) is 0 Å². The molecule has 0 heterocycles. The average molecular weight is 345 g/mol. The fourth-order valence-corrected chi connectivity index (χ4v) is 2.47. The highest BCUT2D eigenvalue weighted by molar-refractivity contribution is 7.51. The number of carboxylic acids is 1. The Morgan fingerprint density at radius 1 is 1.17 bits per heavy atom. The Bertz CT molecular complexity index is 653. The molecular weight excluding hydrogens is 329 g/mol. The number of rotatable bonds is 7. The van der Waals surface area contributed by atoms with E-state index < -0.39 is 38.3 Å². The standard InChI is InChI=1S/C13H16NO8P/c1-2-22-11(15)7-14(8-23(19,20)21)12(16)9-5-3-4-6-10(9)13(17)18/h3-6H,2,7-8H2,1H3,(H,17,18)(H2,19,20,21). The van der Waals surface area contributed by atoms with Crippen molar-refractivity contribution in [1.82, 2.24) is 4.90 Å². The summed E-state index contributed by atoms with van der Waals surface area (Å²) in [6.07, 6.45) is -1.03. The number of carboxylic acid groups (broad SMARTS) is 1. The van der Waals surface area contributed by atoms with Gasteiger partial charge < -0.3 is 24.5 Å². The maximum atomic E-state index is 12.4. The predicted octanol–water partition coefficient (Wildman–Crippen LogP) is 0.525. The summed E-state index contributed by atoms with van der Waals surface area (Å²) >= 11 is 0. The Morgan fingerprint density at radius 3 is 2.22 bits per heavy atom. The van der Waals surface area contributed by atoms with Crippen LogP contribution >= 0.6 is 7.60 Å². The van der Waals surface area contributed by atoms with Crippen LogP contribution in [-0.2, 0) is 14.1 Å². The van der Waals surface area contributed by atoms with Crippen LogP contribution in [0.2, 0.25) is 0 Å². The average Bonchev–Trinajstić information content (AvgIpc) is 2.44. The van der Waals surface area contributed by atoms with Gasteiger partial charge in [-0.15, -0.1) is 0 Å². The number of hydrogen-bond acceptors (Lipinski definition) is 5. The summed E-state index contributed by atoms with van der Waals surface area (Å²) in [5, 5.41) is 9.08. The molecule has 1 aromatic rings. The van der Waals surface area contributed by atoms with E-state index >= 15 is 0 Å². The van der Waals surface area contributed by atoms with Crippen LogP contribution in [0.25, 0.3) is 0 Å². The van der Waals surface area contributed by atoms with E-state index in [1.165, 1.54) is 31.2 Å². The number of nitrogens with zero attached hydrogens (tertiary/aromatic N) is 1. The molecule has 0 aliphatic carbocycles. The van der Waals surface area contributed by atoms with Crippen molar-refractivity contribution < 1.29 is 38.6 Å². The molecule has 0 aliphatic heterocycles. The molecule has 1 aromatic carbocycles. The lowest BCUT2D eigenvalue weighted by Crippen LogP contribution is -2.38. The SMILES string of the molecule is CCOC(=O)CN(CP(=O)(O)O)C(=O)c1ccccc1C(=O)O. The van der Waals surface area contributed by atoms with Crippen molar-refractivity contribution in [1.29, 1.82) is 0 Å². The first kappa shape index (κ1) is 18.8. The third-order valence-corrected chi connectivity index (χ3v) is 3.37. The van der Waals surface area contributed by atoms with Crippen molar-refractivity contribution in [2.75, 3.05) is 19.4 Å². The van der Waals surface area contributed by atoms with Crippen molar-refractivity contribution in [3.05, 3.63) is 35.4 Å². The van der Waals surface area contributed by atoms with E-state index in [4.69, 9.17) is 14.9 Å². The van der Waals surface area contributed by atoms with E-state index in [1.807, 2.05) is 0 Å². The molecule has 0 atom stereocenters. The molecule has 126 valence electrons. The third-order valence-electron chi connectivity index (χ3n) is 2.66. The monoisotopic (exact) mass is 345 g/mol. The van der Waals surface area contributed by atoms with Gasteiger partial charge in [0.15, 0.2) is 0 Å². The van der Waals surface area contributed by atoms with Gasteiger partial charge in [-0.1, -0.05) is 12.1 Å². The summed E-state index contributed by atoms with van der Waals surface area (Å²) in [6.45, 7) is 0.862. The molecule has 0 fully saturated rings. The summed E-state index contributed by atoms with van der Waals surface area (Å²) < 4.78 is 15.8. The number of carbonyl (C=O) groups excluding carboxylic acids is 2. The van der Waals surface area contributed by atoms with Crippen LogP contribution in [0, 0.1) is 0 Å². The van der Waals surface area contributed by atoms with E-state index in [-0.39, 0.29) is 17.7 Å². The zero-order valence-corrected chi connectivity index (χ0v) is 13.1. The molecule has 0 spiro atoms. The summed E-state index contributed by atoms with van der Waals surface area (Å²) in [7, 11) is -4.66. The van der Waals surface area contributed by atoms with Gasteiger partial charge in [-0.3, -0.25) is 14.2 Å². The van der Waals surface area contributed by atoms with Gasteiger partial charge in [0, 0.05) is 0 Å². The van der Waals surface area contributed by atoms with Crippen LogP contribution in [-0.4, -0.2) is 57.1 Å². The molecule has 1 amide bonds. The number of amides is 1. The molecule has 0 unspecified atom stereocenters. The van der Waals surface area contributed by atoms with Gasteiger partial charge in [-0.2, -0.15) is 0 Å². The topological polar surface area (TPSA) is 141 Å². The molecule has 0 aromatic heterocycles. The zero-order valence-electron chi connectivity index (χ0n) is 12.2. The lowest BCUT2D eigenvalue weighted by molar-refractivity contribution is -0.143. The Kier molecular flexibility index (Phi) is 6.44. The second kappa shape index (κ2) is 7.87. The predicted molar refractivity (Wildman–Crippen MR) is 78.0 cm³/mol. The Hall–Kier alpha value is -2.22. The molecule has 0 radical (unpaired) electrons. The third kappa shape index (κ3) is 5.82. The minimum Gasteiger partial charge on any atom is -0.478 e. The molecule has 1 rings (SSSR count). The van der Waals surface area contributed by atoms with Crippen LogP contribution in [0.5, 0.6) is 0 Å². The van der Waals surface area contributed by atoms with Crippen LogP contribution in [0.15, 0.2) is 24.3 Å². The summed E-state index contributed by atoms with van der Waals surface area (Å²) in [5.74, 6) is -3.22. The zero-order chi connectivity index (χ0) is 17.6. The summed E-state index contributed by atoms with van der Waals surface area (Å²) in [5.41, 5.74) is -0.616. The molecule has 23 heavy (non-hydrogen) atoms. The molecule has 0 saturated heterocycles. The molecule has 0 bridgehead atoms. The Labute approximate surface area is 131 Å². The number of benzene rings is 1. The van der Waals surface area contributed by atoms with Crippen molar-refractivity contribution in [3.63, 3.8) is 0 Å². The van der Waals surface area contributed by atoms with E-state index in [0.29, 0.717) is 4.90 Å². The first-order valence-electron chi connectivity index (χ1n) is 6.47. The van der Waals surface area contributed by atoms with Gasteiger partial charge >= 0.3 is 19.5 Å². The maximum absolute atomic E-state index is 12.4. The van der Waals surface area contributed by atoms with Gasteiger partial charge in [0.2, 0.25) is 0 Å². The minimum absolute atomic E-state index is 0.0302. The van der Waals surface area contributed by atoms with Gasteiger partial charge in [0.05, 0.1) is 17.7 Å². The summed E-state index contributed by atoms with van der Waals surface area (Å²) in [6, 6.07) is 5.18. The van der Waals surface area contributed by atoms with E-state index in [0.717, 1.165) is 0 Å². The number of ether oxygens (including phenoxy) is 1. The second-order valence-electron chi connectivity index (χ2n) is 4.46. The van der Waals surface area contributed by atoms with Gasteiger partial charge in [-0.05, 0) is 19.1 Å². The minimum atomic E-state index is -4.66. The molecule has 0 saturated carbocycles. The highest BCUT2D eigenvalue weighted by Crippen LogP contribution is 2.35. The fourth-order valence-electron chi connectivity index (χ4n) is 1.80. The first-order chi connectivity index (χ1) is 10.7. The normalized spacial score (nSPS) is 10.9. The molecule has 10 heteroatoms. The number of hydrogen-bond donors (Lipinski definition) is 3. The number of carbonyl (C=O) groups is 3. The van der Waals surface area contributed by atoms with Gasteiger partial charge in [-0.25, -0.2) is 4.79 Å². The van der Waals surface area contributed by atoms with Crippen molar-refractivity contribution >= 4 is 25.4 Å². The van der Waals surface area contributed by atoms with Crippen molar-refractivity contribution in [2.45, 2.75) is 6.92 Å². The summed E-state index contributed by atoms with van der Waals surface area (Å²) in [4.78, 5) is 53.7. The van der Waals surface area contributed by atoms with E-state index in [2.05, 4.69) is 4.74 Å².